The zero-order valence-corrected chi connectivity index (χ0v) is 8.76. The molecule has 0 atom stereocenters. The van der Waals surface area contributed by atoms with Crippen molar-refractivity contribution in [1.29, 1.82) is 0 Å². The van der Waals surface area contributed by atoms with Crippen molar-refractivity contribution in [1.82, 2.24) is 0 Å². The van der Waals surface area contributed by atoms with Gasteiger partial charge in [0.1, 0.15) is 0 Å². The van der Waals surface area contributed by atoms with Crippen LogP contribution < -0.4 is 0 Å². The second kappa shape index (κ2) is 5.14. The standard InChI is InChI=1S/C10H11N.BF4/c1-8-10-5-3-2-4-9(10)6-7-11-8;2-1(3,4)5/h2-5H,6-7H2,1H3;/q;-1. The van der Waals surface area contributed by atoms with Crippen LogP contribution in [-0.4, -0.2) is 19.5 Å². The summed E-state index contributed by atoms with van der Waals surface area (Å²) in [5.41, 5.74) is 3.96. The van der Waals surface area contributed by atoms with Crippen molar-refractivity contribution < 1.29 is 17.3 Å². The summed E-state index contributed by atoms with van der Waals surface area (Å²) in [6.07, 6.45) is 1.10. The minimum atomic E-state index is -6.00. The van der Waals surface area contributed by atoms with Gasteiger partial charge in [-0.1, -0.05) is 24.3 Å². The van der Waals surface area contributed by atoms with E-state index < -0.39 is 7.25 Å². The van der Waals surface area contributed by atoms with Gasteiger partial charge in [0.25, 0.3) is 0 Å². The maximum absolute atomic E-state index is 9.75. The second-order valence-electron chi connectivity index (χ2n) is 3.37. The smallest absolute Gasteiger partial charge is 0.418 e. The number of aliphatic imine (C=N–C) groups is 1. The van der Waals surface area contributed by atoms with Crippen LogP contribution in [0.15, 0.2) is 29.3 Å². The fraction of sp³-hybridized carbons (Fsp3) is 0.300. The summed E-state index contributed by atoms with van der Waals surface area (Å²) in [6.45, 7) is 3.04. The highest BCUT2D eigenvalue weighted by Gasteiger charge is 2.20. The van der Waals surface area contributed by atoms with E-state index in [1.807, 2.05) is 0 Å². The van der Waals surface area contributed by atoms with Crippen LogP contribution in [0.2, 0.25) is 0 Å². The molecule has 0 amide bonds. The monoisotopic (exact) mass is 232 g/mol. The molecule has 0 N–H and O–H groups in total. The molecule has 0 saturated carbocycles. The van der Waals surface area contributed by atoms with E-state index in [4.69, 9.17) is 0 Å². The van der Waals surface area contributed by atoms with Crippen LogP contribution in [0.5, 0.6) is 0 Å². The van der Waals surface area contributed by atoms with Crippen LogP contribution >= 0.6 is 0 Å². The van der Waals surface area contributed by atoms with Gasteiger partial charge in [-0.25, -0.2) is 0 Å². The third-order valence-electron chi connectivity index (χ3n) is 2.14. The topological polar surface area (TPSA) is 12.4 Å². The molecule has 0 saturated heterocycles. The van der Waals surface area contributed by atoms with E-state index in [1.54, 1.807) is 0 Å². The molecular formula is C10H11BF4N-. The number of benzene rings is 1. The van der Waals surface area contributed by atoms with E-state index in [0.717, 1.165) is 13.0 Å². The molecule has 1 aliphatic rings. The van der Waals surface area contributed by atoms with Crippen LogP contribution in [0.4, 0.5) is 17.3 Å². The van der Waals surface area contributed by atoms with Gasteiger partial charge in [0, 0.05) is 12.3 Å². The number of nitrogens with zero attached hydrogens (tertiary/aromatic N) is 1. The average molecular weight is 232 g/mol. The lowest BCUT2D eigenvalue weighted by atomic mass is 9.99. The van der Waals surface area contributed by atoms with E-state index in [-0.39, 0.29) is 0 Å². The normalized spacial score (nSPS) is 14.4. The Morgan fingerprint density at radius 1 is 1.12 bits per heavy atom. The molecule has 1 nitrogen and oxygen atoms in total. The van der Waals surface area contributed by atoms with Crippen molar-refractivity contribution in [2.45, 2.75) is 13.3 Å². The summed E-state index contributed by atoms with van der Waals surface area (Å²) in [5.74, 6) is 0. The highest BCUT2D eigenvalue weighted by molar-refractivity contribution is 6.50. The summed E-state index contributed by atoms with van der Waals surface area (Å²) in [6, 6.07) is 8.50. The molecule has 0 radical (unpaired) electrons. The van der Waals surface area contributed by atoms with Gasteiger partial charge in [-0.2, -0.15) is 0 Å². The second-order valence-corrected chi connectivity index (χ2v) is 3.37. The minimum Gasteiger partial charge on any atom is -0.418 e. The van der Waals surface area contributed by atoms with E-state index in [9.17, 15) is 17.3 Å². The Kier molecular flexibility index (Phi) is 4.09. The minimum absolute atomic E-state index is 0.961. The van der Waals surface area contributed by atoms with Gasteiger partial charge in [0.15, 0.2) is 0 Å². The molecule has 1 aromatic rings. The first kappa shape index (κ1) is 12.7. The Balaban J connectivity index is 0.000000221. The van der Waals surface area contributed by atoms with Gasteiger partial charge in [-0.05, 0) is 24.5 Å². The van der Waals surface area contributed by atoms with Crippen molar-refractivity contribution in [3.8, 4) is 0 Å². The summed E-state index contributed by atoms with van der Waals surface area (Å²) in [5, 5.41) is 0. The van der Waals surface area contributed by atoms with Gasteiger partial charge in [0.2, 0.25) is 0 Å². The maximum atomic E-state index is 9.75. The molecule has 6 heteroatoms. The molecular weight excluding hydrogens is 221 g/mol. The predicted molar refractivity (Wildman–Crippen MR) is 57.4 cm³/mol. The molecule has 0 aromatic heterocycles. The van der Waals surface area contributed by atoms with Crippen LogP contribution in [0.1, 0.15) is 18.1 Å². The van der Waals surface area contributed by atoms with Gasteiger partial charge >= 0.3 is 7.25 Å². The summed E-state index contributed by atoms with van der Waals surface area (Å²) in [7, 11) is -6.00. The predicted octanol–water partition coefficient (Wildman–Crippen LogP) is 3.35. The van der Waals surface area contributed by atoms with Crippen LogP contribution in [0.3, 0.4) is 0 Å². The molecule has 1 aliphatic heterocycles. The molecule has 0 unspecified atom stereocenters. The van der Waals surface area contributed by atoms with Crippen LogP contribution in [0, 0.1) is 0 Å². The van der Waals surface area contributed by atoms with E-state index in [1.165, 1.54) is 16.8 Å². The Morgan fingerprint density at radius 3 is 2.25 bits per heavy atom. The molecule has 16 heavy (non-hydrogen) atoms. The first-order chi connectivity index (χ1) is 7.38. The molecule has 0 spiro atoms. The zero-order valence-electron chi connectivity index (χ0n) is 8.76. The Labute approximate surface area is 91.3 Å². The average Bonchev–Trinajstić information content (AvgIpc) is 2.16. The molecule has 0 fully saturated rings. The number of rotatable bonds is 0. The zero-order chi connectivity index (χ0) is 12.2. The lowest BCUT2D eigenvalue weighted by Crippen LogP contribution is -2.08. The molecule has 2 rings (SSSR count). The van der Waals surface area contributed by atoms with Gasteiger partial charge in [0.05, 0.1) is 0 Å². The lowest BCUT2D eigenvalue weighted by molar-refractivity contribution is 0.368. The van der Waals surface area contributed by atoms with Crippen molar-refractivity contribution in [3.63, 3.8) is 0 Å². The van der Waals surface area contributed by atoms with Crippen molar-refractivity contribution >= 4 is 13.0 Å². The largest absolute Gasteiger partial charge is 0.673 e. The van der Waals surface area contributed by atoms with Crippen LogP contribution in [-0.2, 0) is 6.42 Å². The summed E-state index contributed by atoms with van der Waals surface area (Å²) >= 11 is 0. The SMILES string of the molecule is CC1=NCCc2ccccc21.F[B-](F)(F)F. The van der Waals surface area contributed by atoms with E-state index in [2.05, 4.69) is 36.2 Å². The van der Waals surface area contributed by atoms with E-state index >= 15 is 0 Å². The first-order valence-corrected chi connectivity index (χ1v) is 4.84. The molecule has 1 aromatic carbocycles. The van der Waals surface area contributed by atoms with Gasteiger partial charge in [-0.15, -0.1) is 0 Å². The van der Waals surface area contributed by atoms with Crippen molar-refractivity contribution in [2.24, 2.45) is 4.99 Å². The third kappa shape index (κ3) is 4.46. The highest BCUT2D eigenvalue weighted by atomic mass is 19.5. The lowest BCUT2D eigenvalue weighted by Gasteiger charge is -2.12. The Hall–Kier alpha value is -1.33. The fourth-order valence-corrected chi connectivity index (χ4v) is 1.52. The Bertz CT molecular complexity index is 381. The summed E-state index contributed by atoms with van der Waals surface area (Å²) in [4.78, 5) is 4.39. The molecule has 0 bridgehead atoms. The quantitative estimate of drug-likeness (QED) is 0.480. The number of hydrogen-bond donors (Lipinski definition) is 0. The fourth-order valence-electron chi connectivity index (χ4n) is 1.52. The molecule has 0 aliphatic carbocycles. The molecule has 88 valence electrons. The van der Waals surface area contributed by atoms with Gasteiger partial charge in [-0.3, -0.25) is 4.99 Å². The van der Waals surface area contributed by atoms with Crippen molar-refractivity contribution in [2.75, 3.05) is 6.54 Å². The number of hydrogen-bond acceptors (Lipinski definition) is 1. The number of halogens is 4. The van der Waals surface area contributed by atoms with Gasteiger partial charge < -0.3 is 17.3 Å². The maximum Gasteiger partial charge on any atom is 0.673 e. The van der Waals surface area contributed by atoms with Crippen molar-refractivity contribution in [3.05, 3.63) is 35.4 Å². The van der Waals surface area contributed by atoms with E-state index in [0.29, 0.717) is 0 Å². The summed E-state index contributed by atoms with van der Waals surface area (Å²) < 4.78 is 39.0. The third-order valence-corrected chi connectivity index (χ3v) is 2.14. The number of fused-ring (bicyclic) bond motifs is 1. The first-order valence-electron chi connectivity index (χ1n) is 4.84. The van der Waals surface area contributed by atoms with Crippen LogP contribution in [0.25, 0.3) is 0 Å². The Morgan fingerprint density at radius 2 is 1.69 bits per heavy atom. The highest BCUT2D eigenvalue weighted by Crippen LogP contribution is 2.14. The molecule has 1 heterocycles.